The summed E-state index contributed by atoms with van der Waals surface area (Å²) >= 11 is 0. The lowest BCUT2D eigenvalue weighted by molar-refractivity contribution is 0.0997. The van der Waals surface area contributed by atoms with Crippen LogP contribution in [0.4, 0.5) is 0 Å². The third-order valence-electron chi connectivity index (χ3n) is 4.01. The quantitative estimate of drug-likeness (QED) is 0.822. The number of ether oxygens (including phenoxy) is 1. The summed E-state index contributed by atoms with van der Waals surface area (Å²) < 4.78 is 7.82. The number of rotatable bonds is 7. The predicted octanol–water partition coefficient (Wildman–Crippen LogP) is 2.30. The average molecular weight is 265 g/mol. The number of aryl methyl sites for hydroxylation is 2. The molecular weight excluding hydrogens is 238 g/mol. The number of nitrogens with zero attached hydrogens (tertiary/aromatic N) is 2. The molecule has 0 bridgehead atoms. The van der Waals surface area contributed by atoms with Crippen molar-refractivity contribution in [1.82, 2.24) is 15.1 Å². The van der Waals surface area contributed by atoms with Gasteiger partial charge in [-0.1, -0.05) is 0 Å². The Kier molecular flexibility index (Phi) is 5.40. The van der Waals surface area contributed by atoms with E-state index < -0.39 is 0 Å². The summed E-state index contributed by atoms with van der Waals surface area (Å²) in [5.41, 5.74) is 2.46. The Hall–Kier alpha value is -0.870. The number of hydrogen-bond donors (Lipinski definition) is 1. The fourth-order valence-corrected chi connectivity index (χ4v) is 2.90. The topological polar surface area (TPSA) is 39.1 Å². The summed E-state index contributed by atoms with van der Waals surface area (Å²) in [7, 11) is 2.06. The molecule has 0 aliphatic carbocycles. The molecule has 1 aromatic heterocycles. The minimum atomic E-state index is 0.494. The van der Waals surface area contributed by atoms with Crippen molar-refractivity contribution in [2.24, 2.45) is 0 Å². The number of aromatic nitrogens is 2. The van der Waals surface area contributed by atoms with Crippen LogP contribution in [0.2, 0.25) is 0 Å². The Labute approximate surface area is 116 Å². The van der Waals surface area contributed by atoms with Crippen molar-refractivity contribution in [3.05, 3.63) is 17.5 Å². The van der Waals surface area contributed by atoms with E-state index in [9.17, 15) is 0 Å². The van der Waals surface area contributed by atoms with Crippen LogP contribution in [0.25, 0.3) is 0 Å². The van der Waals surface area contributed by atoms with E-state index in [1.54, 1.807) is 0 Å². The van der Waals surface area contributed by atoms with E-state index in [2.05, 4.69) is 42.1 Å². The lowest BCUT2D eigenvalue weighted by Crippen LogP contribution is -2.29. The smallest absolute Gasteiger partial charge is 0.0596 e. The molecule has 2 atom stereocenters. The molecule has 0 spiro atoms. The maximum atomic E-state index is 5.70. The number of likely N-dealkylation sites (N-methyl/N-ethyl adjacent to an activating group) is 1. The van der Waals surface area contributed by atoms with Crippen molar-refractivity contribution in [3.63, 3.8) is 0 Å². The standard InChI is InChI=1S/C15H27N3O/c1-4-18-14(10-12(2)17-18)11-13(16-3)7-8-15-6-5-9-19-15/h10,13,15-16H,4-9,11H2,1-3H3. The molecule has 1 saturated heterocycles. The first-order chi connectivity index (χ1) is 9.22. The highest BCUT2D eigenvalue weighted by molar-refractivity contribution is 5.10. The van der Waals surface area contributed by atoms with E-state index in [4.69, 9.17) is 4.74 Å². The van der Waals surface area contributed by atoms with E-state index >= 15 is 0 Å². The summed E-state index contributed by atoms with van der Waals surface area (Å²) in [6.07, 6.45) is 6.37. The van der Waals surface area contributed by atoms with Crippen LogP contribution in [0.1, 0.15) is 44.0 Å². The van der Waals surface area contributed by atoms with Crippen LogP contribution in [0.3, 0.4) is 0 Å². The van der Waals surface area contributed by atoms with Gasteiger partial charge in [0, 0.05) is 31.3 Å². The Morgan fingerprint density at radius 3 is 3.05 bits per heavy atom. The first-order valence-corrected chi connectivity index (χ1v) is 7.55. The van der Waals surface area contributed by atoms with Gasteiger partial charge in [0.2, 0.25) is 0 Å². The second kappa shape index (κ2) is 7.06. The SMILES string of the molecule is CCn1nc(C)cc1CC(CCC1CCCO1)NC. The molecule has 4 nitrogen and oxygen atoms in total. The molecule has 1 aromatic rings. The van der Waals surface area contributed by atoms with E-state index in [1.807, 2.05) is 0 Å². The fourth-order valence-electron chi connectivity index (χ4n) is 2.90. The molecule has 0 saturated carbocycles. The van der Waals surface area contributed by atoms with Crippen molar-refractivity contribution in [2.45, 2.75) is 64.6 Å². The predicted molar refractivity (Wildman–Crippen MR) is 77.4 cm³/mol. The molecule has 2 unspecified atom stereocenters. The zero-order valence-corrected chi connectivity index (χ0v) is 12.5. The van der Waals surface area contributed by atoms with Gasteiger partial charge in [0.25, 0.3) is 0 Å². The van der Waals surface area contributed by atoms with Gasteiger partial charge in [0.1, 0.15) is 0 Å². The van der Waals surface area contributed by atoms with Gasteiger partial charge in [-0.3, -0.25) is 4.68 Å². The molecule has 108 valence electrons. The normalized spacial score (nSPS) is 20.9. The molecule has 1 N–H and O–H groups in total. The number of hydrogen-bond acceptors (Lipinski definition) is 3. The summed E-state index contributed by atoms with van der Waals surface area (Å²) in [6.45, 7) is 6.12. The minimum absolute atomic E-state index is 0.494. The molecule has 4 heteroatoms. The van der Waals surface area contributed by atoms with E-state index in [1.165, 1.54) is 31.4 Å². The molecule has 0 aromatic carbocycles. The average Bonchev–Trinajstić information content (AvgIpc) is 3.03. The summed E-state index contributed by atoms with van der Waals surface area (Å²) in [6, 6.07) is 2.73. The molecule has 1 fully saturated rings. The summed E-state index contributed by atoms with van der Waals surface area (Å²) in [4.78, 5) is 0. The monoisotopic (exact) mass is 265 g/mol. The second-order valence-electron chi connectivity index (χ2n) is 5.49. The van der Waals surface area contributed by atoms with Crippen molar-refractivity contribution < 1.29 is 4.74 Å². The Balaban J connectivity index is 1.86. The molecular formula is C15H27N3O. The van der Waals surface area contributed by atoms with Gasteiger partial charge in [-0.05, 0) is 52.6 Å². The van der Waals surface area contributed by atoms with Gasteiger partial charge in [0.15, 0.2) is 0 Å². The van der Waals surface area contributed by atoms with Crippen LogP contribution in [0.15, 0.2) is 6.07 Å². The first kappa shape index (κ1) is 14.5. The van der Waals surface area contributed by atoms with Gasteiger partial charge in [-0.2, -0.15) is 5.10 Å². The maximum Gasteiger partial charge on any atom is 0.0596 e. The lowest BCUT2D eigenvalue weighted by Gasteiger charge is -2.18. The highest BCUT2D eigenvalue weighted by Crippen LogP contribution is 2.19. The Morgan fingerprint density at radius 2 is 2.42 bits per heavy atom. The van der Waals surface area contributed by atoms with Crippen molar-refractivity contribution >= 4 is 0 Å². The zero-order valence-electron chi connectivity index (χ0n) is 12.5. The zero-order chi connectivity index (χ0) is 13.7. The van der Waals surface area contributed by atoms with Gasteiger partial charge in [-0.25, -0.2) is 0 Å². The highest BCUT2D eigenvalue weighted by atomic mass is 16.5. The maximum absolute atomic E-state index is 5.70. The molecule has 0 amide bonds. The van der Waals surface area contributed by atoms with E-state index in [-0.39, 0.29) is 0 Å². The number of nitrogens with one attached hydrogen (secondary N) is 1. The van der Waals surface area contributed by atoms with E-state index in [0.717, 1.165) is 25.3 Å². The molecule has 0 radical (unpaired) electrons. The largest absolute Gasteiger partial charge is 0.378 e. The third kappa shape index (κ3) is 4.05. The van der Waals surface area contributed by atoms with Gasteiger partial charge in [0.05, 0.1) is 11.8 Å². The summed E-state index contributed by atoms with van der Waals surface area (Å²) in [5, 5.41) is 7.96. The molecule has 2 rings (SSSR count). The van der Waals surface area contributed by atoms with Crippen molar-refractivity contribution in [2.75, 3.05) is 13.7 Å². The van der Waals surface area contributed by atoms with Crippen molar-refractivity contribution in [1.29, 1.82) is 0 Å². The summed E-state index contributed by atoms with van der Waals surface area (Å²) in [5.74, 6) is 0. The van der Waals surface area contributed by atoms with Crippen molar-refractivity contribution in [3.8, 4) is 0 Å². The van der Waals surface area contributed by atoms with Crippen LogP contribution >= 0.6 is 0 Å². The van der Waals surface area contributed by atoms with Gasteiger partial charge >= 0.3 is 0 Å². The highest BCUT2D eigenvalue weighted by Gasteiger charge is 2.18. The molecule has 1 aliphatic heterocycles. The van der Waals surface area contributed by atoms with Crippen LogP contribution in [-0.4, -0.2) is 35.6 Å². The van der Waals surface area contributed by atoms with Crippen LogP contribution in [-0.2, 0) is 17.7 Å². The lowest BCUT2D eigenvalue weighted by atomic mass is 10.0. The van der Waals surface area contributed by atoms with Crippen LogP contribution in [0, 0.1) is 6.92 Å². The first-order valence-electron chi connectivity index (χ1n) is 7.55. The second-order valence-corrected chi connectivity index (χ2v) is 5.49. The Morgan fingerprint density at radius 1 is 1.58 bits per heavy atom. The van der Waals surface area contributed by atoms with E-state index in [0.29, 0.717) is 12.1 Å². The third-order valence-corrected chi connectivity index (χ3v) is 4.01. The Bertz CT molecular complexity index is 383. The van der Waals surface area contributed by atoms with Gasteiger partial charge < -0.3 is 10.1 Å². The van der Waals surface area contributed by atoms with Crippen LogP contribution in [0.5, 0.6) is 0 Å². The van der Waals surface area contributed by atoms with Crippen LogP contribution < -0.4 is 5.32 Å². The molecule has 2 heterocycles. The minimum Gasteiger partial charge on any atom is -0.378 e. The molecule has 19 heavy (non-hydrogen) atoms. The molecule has 1 aliphatic rings. The fraction of sp³-hybridized carbons (Fsp3) is 0.800. The van der Waals surface area contributed by atoms with Gasteiger partial charge in [-0.15, -0.1) is 0 Å².